The number of carbonyl (C=O) groups is 1. The molecule has 2 aromatic heterocycles. The maximum absolute atomic E-state index is 11.9. The van der Waals surface area contributed by atoms with Crippen LogP contribution in [0.1, 0.15) is 52.3 Å². The smallest absolute Gasteiger partial charge is 0.307 e. The number of nitrogens with one attached hydrogen (secondary N) is 1. The number of methoxy groups -OCH3 is 1. The Labute approximate surface area is 200 Å². The fraction of sp³-hybridized carbons (Fsp3) is 0.346. The average molecular weight is 463 g/mol. The first-order chi connectivity index (χ1) is 15.8. The number of aryl methyl sites for hydroxylation is 2. The maximum Gasteiger partial charge on any atom is 0.307 e. The first kappa shape index (κ1) is 23.0. The van der Waals surface area contributed by atoms with Crippen LogP contribution in [0.2, 0.25) is 0 Å². The molecule has 1 aliphatic heterocycles. The highest BCUT2D eigenvalue weighted by Crippen LogP contribution is 2.41. The van der Waals surface area contributed by atoms with Crippen molar-refractivity contribution in [1.82, 2.24) is 19.8 Å². The van der Waals surface area contributed by atoms with E-state index in [1.54, 1.807) is 6.20 Å². The average Bonchev–Trinajstić information content (AvgIpc) is 3.29. The van der Waals surface area contributed by atoms with Gasteiger partial charge in [-0.1, -0.05) is 18.2 Å². The van der Waals surface area contributed by atoms with Crippen molar-refractivity contribution in [3.8, 4) is 5.69 Å². The second-order valence-corrected chi connectivity index (χ2v) is 8.91. The molecule has 4 rings (SSSR count). The van der Waals surface area contributed by atoms with E-state index in [-0.39, 0.29) is 24.5 Å². The Balaban J connectivity index is 1.82. The van der Waals surface area contributed by atoms with Gasteiger partial charge in [0.2, 0.25) is 0 Å². The summed E-state index contributed by atoms with van der Waals surface area (Å²) in [4.78, 5) is 18.6. The molecule has 33 heavy (non-hydrogen) atoms. The lowest BCUT2D eigenvalue weighted by Gasteiger charge is -2.28. The number of pyridine rings is 1. The van der Waals surface area contributed by atoms with Gasteiger partial charge in [0, 0.05) is 29.8 Å². The quantitative estimate of drug-likeness (QED) is 0.425. The molecule has 172 valence electrons. The van der Waals surface area contributed by atoms with E-state index in [0.29, 0.717) is 11.7 Å². The highest BCUT2D eigenvalue weighted by molar-refractivity contribution is 7.80. The molecule has 0 saturated carbocycles. The van der Waals surface area contributed by atoms with E-state index in [1.807, 2.05) is 18.2 Å². The molecule has 0 unspecified atom stereocenters. The first-order valence-corrected chi connectivity index (χ1v) is 11.5. The highest BCUT2D eigenvalue weighted by Gasteiger charge is 2.41. The van der Waals surface area contributed by atoms with Crippen LogP contribution in [0, 0.1) is 27.7 Å². The van der Waals surface area contributed by atoms with Crippen molar-refractivity contribution in [1.29, 1.82) is 0 Å². The van der Waals surface area contributed by atoms with E-state index >= 15 is 0 Å². The van der Waals surface area contributed by atoms with Gasteiger partial charge in [-0.05, 0) is 80.9 Å². The van der Waals surface area contributed by atoms with Crippen LogP contribution in [0.5, 0.6) is 0 Å². The molecule has 1 fully saturated rings. The summed E-state index contributed by atoms with van der Waals surface area (Å²) < 4.78 is 7.19. The molecule has 6 nitrogen and oxygen atoms in total. The Kier molecular flexibility index (Phi) is 6.51. The highest BCUT2D eigenvalue weighted by atomic mass is 32.1. The molecule has 0 spiro atoms. The second-order valence-electron chi connectivity index (χ2n) is 8.53. The van der Waals surface area contributed by atoms with Gasteiger partial charge in [0.05, 0.1) is 31.3 Å². The van der Waals surface area contributed by atoms with E-state index in [1.165, 1.54) is 29.5 Å². The predicted molar refractivity (Wildman–Crippen MR) is 134 cm³/mol. The van der Waals surface area contributed by atoms with Crippen molar-refractivity contribution in [2.75, 3.05) is 13.7 Å². The van der Waals surface area contributed by atoms with Crippen LogP contribution >= 0.6 is 12.2 Å². The zero-order valence-electron chi connectivity index (χ0n) is 19.8. The van der Waals surface area contributed by atoms with Crippen LogP contribution in [0.15, 0.2) is 48.7 Å². The number of ether oxygens (including phenoxy) is 1. The summed E-state index contributed by atoms with van der Waals surface area (Å²) in [6, 6.07) is 14.3. The molecule has 7 heteroatoms. The molecule has 0 amide bonds. The third kappa shape index (κ3) is 4.25. The molecule has 2 atom stereocenters. The number of hydrogen-bond acceptors (Lipinski definition) is 4. The molecular formula is C26H30N4O2S. The molecule has 1 saturated heterocycles. The monoisotopic (exact) mass is 462 g/mol. The van der Waals surface area contributed by atoms with Crippen LogP contribution in [0.3, 0.4) is 0 Å². The van der Waals surface area contributed by atoms with Crippen LogP contribution in [0.4, 0.5) is 0 Å². The number of thiocarbonyl (C=S) groups is 1. The lowest BCUT2D eigenvalue weighted by molar-refractivity contribution is -0.140. The fourth-order valence-corrected chi connectivity index (χ4v) is 5.07. The second kappa shape index (κ2) is 9.35. The third-order valence-corrected chi connectivity index (χ3v) is 6.94. The third-order valence-electron chi connectivity index (χ3n) is 6.59. The summed E-state index contributed by atoms with van der Waals surface area (Å²) >= 11 is 5.73. The van der Waals surface area contributed by atoms with Gasteiger partial charge < -0.3 is 19.5 Å². The van der Waals surface area contributed by atoms with Crippen LogP contribution in [0.25, 0.3) is 5.69 Å². The van der Waals surface area contributed by atoms with Gasteiger partial charge in [-0.3, -0.25) is 9.78 Å². The van der Waals surface area contributed by atoms with E-state index < -0.39 is 0 Å². The summed E-state index contributed by atoms with van der Waals surface area (Å²) in [5.41, 5.74) is 8.10. The molecule has 1 aliphatic rings. The number of benzene rings is 1. The van der Waals surface area contributed by atoms with Crippen molar-refractivity contribution < 1.29 is 9.53 Å². The van der Waals surface area contributed by atoms with Gasteiger partial charge in [0.15, 0.2) is 5.11 Å². The molecule has 0 aliphatic carbocycles. The number of carbonyl (C=O) groups excluding carboxylic acids is 1. The number of hydrogen-bond donors (Lipinski definition) is 1. The summed E-state index contributed by atoms with van der Waals surface area (Å²) in [5, 5.41) is 4.08. The SMILES string of the molecule is COC(=O)CCN1C(=S)N[C@@H](c2ccccn2)[C@@H]1c1cc(C)n(-c2cccc(C)c2C)c1C. The molecule has 1 N–H and O–H groups in total. The summed E-state index contributed by atoms with van der Waals surface area (Å²) in [6.07, 6.45) is 2.06. The minimum Gasteiger partial charge on any atom is -0.469 e. The lowest BCUT2D eigenvalue weighted by atomic mass is 9.96. The molecular weight excluding hydrogens is 432 g/mol. The van der Waals surface area contributed by atoms with E-state index in [4.69, 9.17) is 17.0 Å². The number of aromatic nitrogens is 2. The molecule has 3 aromatic rings. The van der Waals surface area contributed by atoms with Crippen molar-refractivity contribution in [3.05, 3.63) is 82.4 Å². The van der Waals surface area contributed by atoms with Crippen molar-refractivity contribution in [2.45, 2.75) is 46.2 Å². The fourth-order valence-electron chi connectivity index (χ4n) is 4.73. The summed E-state index contributed by atoms with van der Waals surface area (Å²) in [6.45, 7) is 9.06. The molecule has 0 bridgehead atoms. The van der Waals surface area contributed by atoms with Crippen molar-refractivity contribution in [2.24, 2.45) is 0 Å². The topological polar surface area (TPSA) is 59.4 Å². The standard InChI is InChI=1S/C26H30N4O2S/c1-16-9-8-11-22(18(16)3)30-17(2)15-20(19(30)4)25-24(21-10-6-7-13-27-21)28-26(33)29(25)14-12-23(31)32-5/h6-11,13,15,24-25H,12,14H2,1-5H3,(H,28,33)/t24-,25-/m0/s1. The van der Waals surface area contributed by atoms with Gasteiger partial charge in [-0.15, -0.1) is 0 Å². The Morgan fingerprint density at radius 2 is 1.94 bits per heavy atom. The zero-order valence-corrected chi connectivity index (χ0v) is 20.6. The Hall–Kier alpha value is -3.19. The summed E-state index contributed by atoms with van der Waals surface area (Å²) in [5.74, 6) is -0.251. The minimum atomic E-state index is -0.251. The van der Waals surface area contributed by atoms with Gasteiger partial charge in [0.25, 0.3) is 0 Å². The lowest BCUT2D eigenvalue weighted by Crippen LogP contribution is -2.32. The van der Waals surface area contributed by atoms with Gasteiger partial charge in [-0.2, -0.15) is 0 Å². The number of esters is 1. The van der Waals surface area contributed by atoms with Gasteiger partial charge in [0.1, 0.15) is 0 Å². The van der Waals surface area contributed by atoms with E-state index in [2.05, 4.69) is 71.7 Å². The normalized spacial score (nSPS) is 17.8. The Bertz CT molecular complexity index is 1190. The first-order valence-electron chi connectivity index (χ1n) is 11.1. The van der Waals surface area contributed by atoms with E-state index in [9.17, 15) is 4.79 Å². The molecule has 1 aromatic carbocycles. The van der Waals surface area contributed by atoms with Gasteiger partial charge in [-0.25, -0.2) is 0 Å². The molecule has 0 radical (unpaired) electrons. The van der Waals surface area contributed by atoms with Crippen LogP contribution < -0.4 is 5.32 Å². The van der Waals surface area contributed by atoms with Gasteiger partial charge >= 0.3 is 5.97 Å². The zero-order chi connectivity index (χ0) is 23.7. The van der Waals surface area contributed by atoms with E-state index in [0.717, 1.165) is 17.1 Å². The van der Waals surface area contributed by atoms with Crippen LogP contribution in [-0.2, 0) is 9.53 Å². The van der Waals surface area contributed by atoms with Crippen LogP contribution in [-0.4, -0.2) is 39.2 Å². The summed E-state index contributed by atoms with van der Waals surface area (Å²) in [7, 11) is 1.41. The Morgan fingerprint density at radius 1 is 1.15 bits per heavy atom. The van der Waals surface area contributed by atoms with Crippen molar-refractivity contribution in [3.63, 3.8) is 0 Å². The molecule has 3 heterocycles. The predicted octanol–water partition coefficient (Wildman–Crippen LogP) is 4.64. The Morgan fingerprint density at radius 3 is 2.64 bits per heavy atom. The maximum atomic E-state index is 11.9. The largest absolute Gasteiger partial charge is 0.469 e. The van der Waals surface area contributed by atoms with Crippen molar-refractivity contribution >= 4 is 23.3 Å². The number of rotatable bonds is 6. The number of nitrogens with zero attached hydrogens (tertiary/aromatic N) is 3. The minimum absolute atomic E-state index is 0.0953.